The van der Waals surface area contributed by atoms with Crippen LogP contribution in [0, 0.1) is 0 Å². The van der Waals surface area contributed by atoms with Crippen molar-refractivity contribution in [2.75, 3.05) is 12.8 Å². The van der Waals surface area contributed by atoms with Crippen LogP contribution in [0.15, 0.2) is 42.5 Å². The highest BCUT2D eigenvalue weighted by Crippen LogP contribution is 2.21. The smallest absolute Gasteiger partial charge is 0.251 e. The van der Waals surface area contributed by atoms with Crippen molar-refractivity contribution in [1.29, 1.82) is 0 Å². The van der Waals surface area contributed by atoms with Gasteiger partial charge in [0.15, 0.2) is 0 Å². The number of phenolic OH excluding ortho intramolecular Hbond substituents is 1. The maximum Gasteiger partial charge on any atom is 0.251 e. The first kappa shape index (κ1) is 13.7. The van der Waals surface area contributed by atoms with Gasteiger partial charge in [-0.05, 0) is 42.0 Å². The van der Waals surface area contributed by atoms with Crippen LogP contribution >= 0.6 is 0 Å². The number of nitrogen functional groups attached to an aromatic ring is 1. The summed E-state index contributed by atoms with van der Waals surface area (Å²) in [5.41, 5.74) is 7.71. The minimum absolute atomic E-state index is 0.129. The number of rotatable bonds is 4. The van der Waals surface area contributed by atoms with Gasteiger partial charge in [-0.3, -0.25) is 4.79 Å². The Hall–Kier alpha value is -2.69. The SMILES string of the molecule is COc1ccc(CNC(=O)c2ccc(O)cc2)cc1N. The van der Waals surface area contributed by atoms with E-state index in [9.17, 15) is 4.79 Å². The number of methoxy groups -OCH3 is 1. The Balaban J connectivity index is 1.99. The second-order valence-electron chi connectivity index (χ2n) is 4.31. The molecule has 0 aliphatic rings. The molecule has 0 atom stereocenters. The number of aromatic hydroxyl groups is 1. The first-order valence-electron chi connectivity index (χ1n) is 6.10. The molecule has 0 heterocycles. The molecule has 0 spiro atoms. The molecule has 5 nitrogen and oxygen atoms in total. The van der Waals surface area contributed by atoms with Gasteiger partial charge in [0.05, 0.1) is 12.8 Å². The van der Waals surface area contributed by atoms with Crippen molar-refractivity contribution in [2.24, 2.45) is 0 Å². The number of benzene rings is 2. The molecule has 0 aliphatic carbocycles. The van der Waals surface area contributed by atoms with Gasteiger partial charge in [0, 0.05) is 12.1 Å². The molecule has 0 radical (unpaired) electrons. The van der Waals surface area contributed by atoms with Crippen LogP contribution in [0.25, 0.3) is 0 Å². The Kier molecular flexibility index (Phi) is 4.10. The fraction of sp³-hybridized carbons (Fsp3) is 0.133. The lowest BCUT2D eigenvalue weighted by atomic mass is 10.1. The lowest BCUT2D eigenvalue weighted by molar-refractivity contribution is 0.0951. The van der Waals surface area contributed by atoms with Crippen LogP contribution in [0.1, 0.15) is 15.9 Å². The molecule has 0 fully saturated rings. The molecule has 0 saturated heterocycles. The van der Waals surface area contributed by atoms with Crippen molar-refractivity contribution < 1.29 is 14.6 Å². The van der Waals surface area contributed by atoms with Crippen molar-refractivity contribution in [3.05, 3.63) is 53.6 Å². The van der Waals surface area contributed by atoms with Crippen molar-refractivity contribution >= 4 is 11.6 Å². The summed E-state index contributed by atoms with van der Waals surface area (Å²) in [6, 6.07) is 11.4. The van der Waals surface area contributed by atoms with Gasteiger partial charge >= 0.3 is 0 Å². The van der Waals surface area contributed by atoms with Crippen LogP contribution in [-0.4, -0.2) is 18.1 Å². The normalized spacial score (nSPS) is 10.1. The van der Waals surface area contributed by atoms with Crippen molar-refractivity contribution in [2.45, 2.75) is 6.54 Å². The van der Waals surface area contributed by atoms with E-state index in [2.05, 4.69) is 5.32 Å². The predicted molar refractivity (Wildman–Crippen MR) is 76.7 cm³/mol. The largest absolute Gasteiger partial charge is 0.508 e. The first-order valence-corrected chi connectivity index (χ1v) is 6.10. The van der Waals surface area contributed by atoms with E-state index in [1.165, 1.54) is 12.1 Å². The number of hydrogen-bond acceptors (Lipinski definition) is 4. The Morgan fingerprint density at radius 2 is 1.95 bits per heavy atom. The number of amides is 1. The van der Waals surface area contributed by atoms with Crippen molar-refractivity contribution in [3.63, 3.8) is 0 Å². The van der Waals surface area contributed by atoms with E-state index in [0.29, 0.717) is 23.5 Å². The van der Waals surface area contributed by atoms with E-state index in [-0.39, 0.29) is 11.7 Å². The lowest BCUT2D eigenvalue weighted by Gasteiger charge is -2.08. The van der Waals surface area contributed by atoms with Crippen molar-refractivity contribution in [3.8, 4) is 11.5 Å². The quantitative estimate of drug-likeness (QED) is 0.742. The van der Waals surface area contributed by atoms with Gasteiger partial charge in [0.2, 0.25) is 0 Å². The third kappa shape index (κ3) is 3.20. The van der Waals surface area contributed by atoms with Gasteiger partial charge in [0.1, 0.15) is 11.5 Å². The molecule has 104 valence electrons. The van der Waals surface area contributed by atoms with Gasteiger partial charge in [-0.15, -0.1) is 0 Å². The monoisotopic (exact) mass is 272 g/mol. The minimum atomic E-state index is -0.209. The Morgan fingerprint density at radius 3 is 2.55 bits per heavy atom. The summed E-state index contributed by atoms with van der Waals surface area (Å²) in [6.45, 7) is 0.369. The predicted octanol–water partition coefficient (Wildman–Crippen LogP) is 1.91. The van der Waals surface area contributed by atoms with Crippen LogP contribution < -0.4 is 15.8 Å². The first-order chi connectivity index (χ1) is 9.60. The molecule has 4 N–H and O–H groups in total. The summed E-state index contributed by atoms with van der Waals surface area (Å²) in [5, 5.41) is 12.0. The number of carbonyl (C=O) groups excluding carboxylic acids is 1. The fourth-order valence-corrected chi connectivity index (χ4v) is 1.79. The van der Waals surface area contributed by atoms with E-state index in [1.54, 1.807) is 31.4 Å². The Bertz CT molecular complexity index is 609. The highest BCUT2D eigenvalue weighted by Gasteiger charge is 2.06. The minimum Gasteiger partial charge on any atom is -0.508 e. The summed E-state index contributed by atoms with van der Waals surface area (Å²) in [6.07, 6.45) is 0. The molecule has 2 aromatic rings. The molecule has 20 heavy (non-hydrogen) atoms. The number of nitrogens with two attached hydrogens (primary N) is 1. The van der Waals surface area contributed by atoms with E-state index < -0.39 is 0 Å². The van der Waals surface area contributed by atoms with E-state index in [4.69, 9.17) is 15.6 Å². The van der Waals surface area contributed by atoms with E-state index in [0.717, 1.165) is 5.56 Å². The molecule has 0 saturated carbocycles. The highest BCUT2D eigenvalue weighted by atomic mass is 16.5. The molecule has 2 rings (SSSR count). The molecule has 2 aromatic carbocycles. The molecule has 5 heteroatoms. The average molecular weight is 272 g/mol. The Morgan fingerprint density at radius 1 is 1.25 bits per heavy atom. The lowest BCUT2D eigenvalue weighted by Crippen LogP contribution is -2.22. The van der Waals surface area contributed by atoms with Gasteiger partial charge < -0.3 is 20.9 Å². The number of nitrogens with one attached hydrogen (secondary N) is 1. The summed E-state index contributed by atoms with van der Waals surface area (Å²) in [7, 11) is 1.55. The number of ether oxygens (including phenoxy) is 1. The summed E-state index contributed by atoms with van der Waals surface area (Å²) >= 11 is 0. The summed E-state index contributed by atoms with van der Waals surface area (Å²) < 4.78 is 5.07. The van der Waals surface area contributed by atoms with Crippen LogP contribution in [0.3, 0.4) is 0 Å². The van der Waals surface area contributed by atoms with Crippen LogP contribution in [0.4, 0.5) is 5.69 Å². The number of anilines is 1. The molecule has 0 bridgehead atoms. The van der Waals surface area contributed by atoms with Crippen molar-refractivity contribution in [1.82, 2.24) is 5.32 Å². The number of carbonyl (C=O) groups is 1. The van der Waals surface area contributed by atoms with E-state index in [1.807, 2.05) is 6.07 Å². The second-order valence-corrected chi connectivity index (χ2v) is 4.31. The maximum absolute atomic E-state index is 11.9. The molecule has 0 unspecified atom stereocenters. The Labute approximate surface area is 117 Å². The maximum atomic E-state index is 11.9. The van der Waals surface area contributed by atoms with Crippen LogP contribution in [0.2, 0.25) is 0 Å². The molecular weight excluding hydrogens is 256 g/mol. The summed E-state index contributed by atoms with van der Waals surface area (Å²) in [5.74, 6) is 0.530. The van der Waals surface area contributed by atoms with Crippen LogP contribution in [-0.2, 0) is 6.54 Å². The zero-order valence-electron chi connectivity index (χ0n) is 11.1. The summed E-state index contributed by atoms with van der Waals surface area (Å²) in [4.78, 5) is 11.9. The molecule has 0 aromatic heterocycles. The second kappa shape index (κ2) is 5.97. The fourth-order valence-electron chi connectivity index (χ4n) is 1.79. The van der Waals surface area contributed by atoms with Gasteiger partial charge in [-0.2, -0.15) is 0 Å². The third-order valence-electron chi connectivity index (χ3n) is 2.88. The molecule has 0 aliphatic heterocycles. The zero-order valence-corrected chi connectivity index (χ0v) is 11.1. The number of hydrogen-bond donors (Lipinski definition) is 3. The highest BCUT2D eigenvalue weighted by molar-refractivity contribution is 5.94. The van der Waals surface area contributed by atoms with Crippen LogP contribution in [0.5, 0.6) is 11.5 Å². The van der Waals surface area contributed by atoms with Gasteiger partial charge in [0.25, 0.3) is 5.91 Å². The zero-order chi connectivity index (χ0) is 14.5. The van der Waals surface area contributed by atoms with Gasteiger partial charge in [-0.1, -0.05) is 6.07 Å². The van der Waals surface area contributed by atoms with E-state index >= 15 is 0 Å². The standard InChI is InChI=1S/C15H16N2O3/c1-20-14-7-2-10(8-13(14)16)9-17-15(19)11-3-5-12(18)6-4-11/h2-8,18H,9,16H2,1H3,(H,17,19). The third-order valence-corrected chi connectivity index (χ3v) is 2.88. The topological polar surface area (TPSA) is 84.6 Å². The molecular formula is C15H16N2O3. The van der Waals surface area contributed by atoms with Gasteiger partial charge in [-0.25, -0.2) is 0 Å². The number of phenols is 1. The molecule has 1 amide bonds. The average Bonchev–Trinajstić information content (AvgIpc) is 2.45.